The van der Waals surface area contributed by atoms with Crippen molar-refractivity contribution in [1.29, 1.82) is 0 Å². The molecule has 0 atom stereocenters. The molecule has 0 aliphatic carbocycles. The quantitative estimate of drug-likeness (QED) is 0.805. The first kappa shape index (κ1) is 13.1. The maximum atomic E-state index is 4.20. The molecule has 0 amide bonds. The predicted molar refractivity (Wildman–Crippen MR) is 83.3 cm³/mol. The minimum Gasteiger partial charge on any atom is -0.370 e. The third-order valence-corrected chi connectivity index (χ3v) is 3.06. The summed E-state index contributed by atoms with van der Waals surface area (Å²) < 4.78 is 1.21. The predicted octanol–water partition coefficient (Wildman–Crippen LogP) is 3.65. The van der Waals surface area contributed by atoms with Gasteiger partial charge < -0.3 is 10.6 Å². The summed E-state index contributed by atoms with van der Waals surface area (Å²) >= 11 is 2.28. The number of nitrogens with zero attached hydrogens (tertiary/aromatic N) is 2. The van der Waals surface area contributed by atoms with Gasteiger partial charge in [-0.05, 0) is 53.3 Å². The van der Waals surface area contributed by atoms with E-state index < -0.39 is 0 Å². The Morgan fingerprint density at radius 3 is 2.56 bits per heavy atom. The Labute approximate surface area is 120 Å². The van der Waals surface area contributed by atoms with E-state index in [1.165, 1.54) is 3.57 Å². The Balaban J connectivity index is 2.06. The average Bonchev–Trinajstić information content (AvgIpc) is 2.40. The van der Waals surface area contributed by atoms with Crippen molar-refractivity contribution in [3.8, 4) is 0 Å². The van der Waals surface area contributed by atoms with Crippen LogP contribution in [-0.4, -0.2) is 16.5 Å². The van der Waals surface area contributed by atoms with E-state index in [0.717, 1.165) is 30.3 Å². The molecule has 1 aromatic carbocycles. The van der Waals surface area contributed by atoms with Crippen LogP contribution in [0.4, 0.5) is 17.3 Å². The molecule has 1 aromatic heterocycles. The molecule has 0 radical (unpaired) electrons. The monoisotopic (exact) mass is 354 g/mol. The largest absolute Gasteiger partial charge is 0.370 e. The normalized spacial score (nSPS) is 10.1. The lowest BCUT2D eigenvalue weighted by Gasteiger charge is -2.08. The van der Waals surface area contributed by atoms with Crippen molar-refractivity contribution in [1.82, 2.24) is 9.97 Å². The molecular formula is C13H15IN4. The zero-order valence-corrected chi connectivity index (χ0v) is 12.3. The van der Waals surface area contributed by atoms with Gasteiger partial charge in [0.2, 0.25) is 0 Å². The second kappa shape index (κ2) is 6.53. The van der Waals surface area contributed by atoms with Gasteiger partial charge in [0, 0.05) is 21.9 Å². The molecule has 0 saturated carbocycles. The average molecular weight is 354 g/mol. The Bertz CT molecular complexity index is 499. The van der Waals surface area contributed by atoms with Gasteiger partial charge in [-0.2, -0.15) is 0 Å². The SMILES string of the molecule is CCCNc1cc(Nc2ccc(I)cc2)ncn1. The summed E-state index contributed by atoms with van der Waals surface area (Å²) in [4.78, 5) is 8.37. The summed E-state index contributed by atoms with van der Waals surface area (Å²) in [5.74, 6) is 1.64. The van der Waals surface area contributed by atoms with E-state index in [1.54, 1.807) is 6.33 Å². The lowest BCUT2D eigenvalue weighted by atomic mass is 10.3. The molecule has 2 rings (SSSR count). The van der Waals surface area contributed by atoms with Crippen LogP contribution in [0.5, 0.6) is 0 Å². The van der Waals surface area contributed by atoms with Gasteiger partial charge in [-0.25, -0.2) is 9.97 Å². The minimum atomic E-state index is 0.796. The van der Waals surface area contributed by atoms with Gasteiger partial charge in [0.1, 0.15) is 18.0 Å². The van der Waals surface area contributed by atoms with E-state index in [-0.39, 0.29) is 0 Å². The fourth-order valence-electron chi connectivity index (χ4n) is 1.46. The Hall–Kier alpha value is -1.37. The molecule has 0 aliphatic heterocycles. The fourth-order valence-corrected chi connectivity index (χ4v) is 1.82. The Morgan fingerprint density at radius 2 is 1.83 bits per heavy atom. The van der Waals surface area contributed by atoms with Gasteiger partial charge in [0.15, 0.2) is 0 Å². The van der Waals surface area contributed by atoms with Crippen LogP contribution in [0.25, 0.3) is 0 Å². The Kier molecular flexibility index (Phi) is 4.74. The van der Waals surface area contributed by atoms with Crippen LogP contribution in [0.2, 0.25) is 0 Å². The van der Waals surface area contributed by atoms with Crippen LogP contribution < -0.4 is 10.6 Å². The van der Waals surface area contributed by atoms with E-state index in [4.69, 9.17) is 0 Å². The summed E-state index contributed by atoms with van der Waals surface area (Å²) in [7, 11) is 0. The number of anilines is 3. The number of rotatable bonds is 5. The number of aromatic nitrogens is 2. The van der Waals surface area contributed by atoms with Crippen molar-refractivity contribution < 1.29 is 0 Å². The zero-order chi connectivity index (χ0) is 12.8. The van der Waals surface area contributed by atoms with Crippen LogP contribution in [-0.2, 0) is 0 Å². The molecule has 94 valence electrons. The van der Waals surface area contributed by atoms with Crippen LogP contribution in [0, 0.1) is 3.57 Å². The highest BCUT2D eigenvalue weighted by atomic mass is 127. The second-order valence-electron chi connectivity index (χ2n) is 3.85. The number of hydrogen-bond donors (Lipinski definition) is 2. The van der Waals surface area contributed by atoms with Crippen LogP contribution >= 0.6 is 22.6 Å². The summed E-state index contributed by atoms with van der Waals surface area (Å²) in [6, 6.07) is 10.1. The highest BCUT2D eigenvalue weighted by Crippen LogP contribution is 2.17. The van der Waals surface area contributed by atoms with E-state index in [2.05, 4.69) is 62.2 Å². The zero-order valence-electron chi connectivity index (χ0n) is 10.2. The first-order valence-electron chi connectivity index (χ1n) is 5.86. The number of benzene rings is 1. The number of nitrogens with one attached hydrogen (secondary N) is 2. The van der Waals surface area contributed by atoms with Crippen molar-refractivity contribution in [2.45, 2.75) is 13.3 Å². The van der Waals surface area contributed by atoms with Crippen molar-refractivity contribution in [2.24, 2.45) is 0 Å². The lowest BCUT2D eigenvalue weighted by molar-refractivity contribution is 0.965. The van der Waals surface area contributed by atoms with Gasteiger partial charge in [-0.3, -0.25) is 0 Å². The van der Waals surface area contributed by atoms with E-state index in [0.29, 0.717) is 0 Å². The molecule has 0 bridgehead atoms. The summed E-state index contributed by atoms with van der Waals surface area (Å²) in [6.45, 7) is 3.04. The van der Waals surface area contributed by atoms with Gasteiger partial charge in [0.25, 0.3) is 0 Å². The van der Waals surface area contributed by atoms with Gasteiger partial charge in [0.05, 0.1) is 0 Å². The number of hydrogen-bond acceptors (Lipinski definition) is 4. The number of halogens is 1. The molecule has 18 heavy (non-hydrogen) atoms. The topological polar surface area (TPSA) is 49.8 Å². The molecule has 4 nitrogen and oxygen atoms in total. The van der Waals surface area contributed by atoms with E-state index in [1.807, 2.05) is 18.2 Å². The van der Waals surface area contributed by atoms with Crippen molar-refractivity contribution >= 4 is 39.9 Å². The van der Waals surface area contributed by atoms with E-state index in [9.17, 15) is 0 Å². The van der Waals surface area contributed by atoms with Crippen molar-refractivity contribution in [3.63, 3.8) is 0 Å². The maximum absolute atomic E-state index is 4.20. The molecule has 0 spiro atoms. The van der Waals surface area contributed by atoms with Gasteiger partial charge in [-0.1, -0.05) is 6.92 Å². The third kappa shape index (κ3) is 3.83. The fraction of sp³-hybridized carbons (Fsp3) is 0.231. The van der Waals surface area contributed by atoms with Crippen LogP contribution in [0.15, 0.2) is 36.7 Å². The molecule has 5 heteroatoms. The first-order chi connectivity index (χ1) is 8.78. The first-order valence-corrected chi connectivity index (χ1v) is 6.94. The van der Waals surface area contributed by atoms with Crippen LogP contribution in [0.1, 0.15) is 13.3 Å². The highest BCUT2D eigenvalue weighted by molar-refractivity contribution is 14.1. The van der Waals surface area contributed by atoms with Gasteiger partial charge in [-0.15, -0.1) is 0 Å². The van der Waals surface area contributed by atoms with Crippen molar-refractivity contribution in [2.75, 3.05) is 17.2 Å². The third-order valence-electron chi connectivity index (χ3n) is 2.34. The lowest BCUT2D eigenvalue weighted by Crippen LogP contribution is -2.03. The Morgan fingerprint density at radius 1 is 1.11 bits per heavy atom. The minimum absolute atomic E-state index is 0.796. The molecule has 0 aliphatic rings. The second-order valence-corrected chi connectivity index (χ2v) is 5.09. The maximum Gasteiger partial charge on any atom is 0.135 e. The molecule has 2 N–H and O–H groups in total. The highest BCUT2D eigenvalue weighted by Gasteiger charge is 1.99. The smallest absolute Gasteiger partial charge is 0.135 e. The standard InChI is InChI=1S/C13H15IN4/c1-2-7-15-12-8-13(17-9-16-12)18-11-5-3-10(14)4-6-11/h3-6,8-9H,2,7H2,1H3,(H2,15,16,17,18). The summed E-state index contributed by atoms with van der Waals surface area (Å²) in [5.41, 5.74) is 1.02. The van der Waals surface area contributed by atoms with Crippen LogP contribution in [0.3, 0.4) is 0 Å². The van der Waals surface area contributed by atoms with Crippen molar-refractivity contribution in [3.05, 3.63) is 40.2 Å². The molecule has 1 heterocycles. The van der Waals surface area contributed by atoms with Gasteiger partial charge >= 0.3 is 0 Å². The molecule has 0 saturated heterocycles. The molecule has 0 unspecified atom stereocenters. The molecule has 0 fully saturated rings. The summed E-state index contributed by atoms with van der Waals surface area (Å²) in [5, 5.41) is 6.49. The van der Waals surface area contributed by atoms with E-state index >= 15 is 0 Å². The molecule has 2 aromatic rings. The molecular weight excluding hydrogens is 339 g/mol. The summed E-state index contributed by atoms with van der Waals surface area (Å²) in [6.07, 6.45) is 2.64.